The van der Waals surface area contributed by atoms with Gasteiger partial charge in [-0.3, -0.25) is 0 Å². The maximum atomic E-state index is 10.7. The molecule has 1 rings (SSSR count). The van der Waals surface area contributed by atoms with Crippen molar-refractivity contribution >= 4 is 11.9 Å². The Morgan fingerprint density at radius 3 is 3.07 bits per heavy atom. The smallest absolute Gasteiger partial charge is 0.327 e. The van der Waals surface area contributed by atoms with Gasteiger partial charge >= 0.3 is 5.97 Å². The predicted molar refractivity (Wildman–Crippen MR) is 51.7 cm³/mol. The van der Waals surface area contributed by atoms with Gasteiger partial charge in [-0.2, -0.15) is 0 Å². The largest absolute Gasteiger partial charge is 0.480 e. The molecule has 5 heteroatoms. The van der Waals surface area contributed by atoms with Crippen LogP contribution in [0.2, 0.25) is 0 Å². The lowest BCUT2D eigenvalue weighted by Gasteiger charge is -2.11. The van der Waals surface area contributed by atoms with E-state index in [-0.39, 0.29) is 6.42 Å². The fraction of sp³-hybridized carbons (Fsp3) is 0.333. The number of nitrogens with zero attached hydrogens (tertiary/aromatic N) is 2. The van der Waals surface area contributed by atoms with Crippen molar-refractivity contribution in [1.82, 2.24) is 9.55 Å². The van der Waals surface area contributed by atoms with Crippen LogP contribution in [0.1, 0.15) is 6.42 Å². The van der Waals surface area contributed by atoms with Crippen molar-refractivity contribution < 1.29 is 9.90 Å². The number of aromatic nitrogens is 2. The summed E-state index contributed by atoms with van der Waals surface area (Å²) in [5, 5.41) is 11.5. The lowest BCUT2D eigenvalue weighted by atomic mass is 10.2. The quantitative estimate of drug-likeness (QED) is 0.675. The summed E-state index contributed by atoms with van der Waals surface area (Å²) in [5.74, 6) is 1.81. The second-order valence-corrected chi connectivity index (χ2v) is 2.81. The third kappa shape index (κ3) is 2.26. The molecule has 1 aromatic rings. The summed E-state index contributed by atoms with van der Waals surface area (Å²) in [5.41, 5.74) is 0. The first-order valence-electron chi connectivity index (χ1n) is 4.05. The van der Waals surface area contributed by atoms with Crippen LogP contribution in [0.25, 0.3) is 0 Å². The molecule has 2 N–H and O–H groups in total. The first kappa shape index (κ1) is 10.1. The summed E-state index contributed by atoms with van der Waals surface area (Å²) in [6.45, 7) is 0. The Hall–Kier alpha value is -1.96. The van der Waals surface area contributed by atoms with Gasteiger partial charge in [-0.05, 0) is 0 Å². The Morgan fingerprint density at radius 2 is 2.64 bits per heavy atom. The lowest BCUT2D eigenvalue weighted by Crippen LogP contribution is -2.29. The van der Waals surface area contributed by atoms with Gasteiger partial charge in [0.1, 0.15) is 6.04 Å². The van der Waals surface area contributed by atoms with Gasteiger partial charge in [0.25, 0.3) is 0 Å². The van der Waals surface area contributed by atoms with Gasteiger partial charge in [0.15, 0.2) is 0 Å². The number of hydrogen-bond acceptors (Lipinski definition) is 3. The van der Waals surface area contributed by atoms with E-state index in [9.17, 15) is 4.79 Å². The predicted octanol–water partition coefficient (Wildman–Crippen LogP) is 0.308. The summed E-state index contributed by atoms with van der Waals surface area (Å²) in [6.07, 6.45) is 8.48. The second-order valence-electron chi connectivity index (χ2n) is 2.81. The number of nitrogens with one attached hydrogen (secondary N) is 1. The van der Waals surface area contributed by atoms with E-state index in [1.165, 1.54) is 0 Å². The van der Waals surface area contributed by atoms with Crippen molar-refractivity contribution in [2.75, 3.05) is 5.32 Å². The highest BCUT2D eigenvalue weighted by Crippen LogP contribution is 2.05. The van der Waals surface area contributed by atoms with E-state index in [1.54, 1.807) is 24.0 Å². The molecule has 0 aliphatic rings. The number of terminal acetylenes is 1. The molecule has 1 atom stereocenters. The fourth-order valence-electron chi connectivity index (χ4n) is 0.978. The van der Waals surface area contributed by atoms with Crippen molar-refractivity contribution in [2.45, 2.75) is 12.5 Å². The van der Waals surface area contributed by atoms with E-state index in [4.69, 9.17) is 11.5 Å². The minimum absolute atomic E-state index is 0.127. The molecule has 0 amide bonds. The van der Waals surface area contributed by atoms with Gasteiger partial charge in [0.05, 0.1) is 0 Å². The average Bonchev–Trinajstić information content (AvgIpc) is 2.51. The van der Waals surface area contributed by atoms with Crippen LogP contribution in [-0.4, -0.2) is 26.7 Å². The summed E-state index contributed by atoms with van der Waals surface area (Å²) < 4.78 is 1.69. The second kappa shape index (κ2) is 4.33. The molecule has 0 saturated carbocycles. The summed E-state index contributed by atoms with van der Waals surface area (Å²) in [7, 11) is 1.77. The Morgan fingerprint density at radius 1 is 1.93 bits per heavy atom. The summed E-state index contributed by atoms with van der Waals surface area (Å²) >= 11 is 0. The zero-order valence-electron chi connectivity index (χ0n) is 7.77. The van der Waals surface area contributed by atoms with Crippen LogP contribution in [0.4, 0.5) is 5.95 Å². The van der Waals surface area contributed by atoms with Crippen molar-refractivity contribution in [3.8, 4) is 12.3 Å². The first-order valence-corrected chi connectivity index (χ1v) is 4.05. The maximum absolute atomic E-state index is 10.7. The van der Waals surface area contributed by atoms with Crippen LogP contribution >= 0.6 is 0 Å². The molecule has 0 aromatic carbocycles. The molecule has 74 valence electrons. The topological polar surface area (TPSA) is 67.2 Å². The van der Waals surface area contributed by atoms with Crippen molar-refractivity contribution in [3.63, 3.8) is 0 Å². The highest BCUT2D eigenvalue weighted by Gasteiger charge is 2.17. The van der Waals surface area contributed by atoms with Crippen LogP contribution in [-0.2, 0) is 11.8 Å². The molecule has 1 unspecified atom stereocenters. The van der Waals surface area contributed by atoms with Crippen molar-refractivity contribution in [2.24, 2.45) is 7.05 Å². The molecule has 0 aliphatic carbocycles. The molecule has 0 radical (unpaired) electrons. The normalized spacial score (nSPS) is 11.7. The van der Waals surface area contributed by atoms with Crippen LogP contribution in [0, 0.1) is 12.3 Å². The zero-order chi connectivity index (χ0) is 10.6. The summed E-state index contributed by atoms with van der Waals surface area (Å²) in [4.78, 5) is 14.7. The molecule has 0 aliphatic heterocycles. The van der Waals surface area contributed by atoms with Gasteiger partial charge in [-0.1, -0.05) is 0 Å². The van der Waals surface area contributed by atoms with Crippen LogP contribution in [0.3, 0.4) is 0 Å². The number of aryl methyl sites for hydroxylation is 1. The average molecular weight is 193 g/mol. The van der Waals surface area contributed by atoms with E-state index in [1.807, 2.05) is 0 Å². The van der Waals surface area contributed by atoms with E-state index in [2.05, 4.69) is 16.2 Å². The summed E-state index contributed by atoms with van der Waals surface area (Å²) in [6, 6.07) is -0.791. The Bertz CT molecular complexity index is 364. The SMILES string of the molecule is C#CCC(Nc1nccn1C)C(=O)O. The van der Waals surface area contributed by atoms with Gasteiger partial charge in [0.2, 0.25) is 5.95 Å². The monoisotopic (exact) mass is 193 g/mol. The number of carboxylic acid groups (broad SMARTS) is 1. The third-order valence-electron chi connectivity index (χ3n) is 1.74. The van der Waals surface area contributed by atoms with E-state index in [0.29, 0.717) is 5.95 Å². The number of carbonyl (C=O) groups is 1. The molecular weight excluding hydrogens is 182 g/mol. The van der Waals surface area contributed by atoms with Crippen molar-refractivity contribution in [3.05, 3.63) is 12.4 Å². The van der Waals surface area contributed by atoms with E-state index < -0.39 is 12.0 Å². The lowest BCUT2D eigenvalue weighted by molar-refractivity contribution is -0.137. The molecule has 14 heavy (non-hydrogen) atoms. The Balaban J connectivity index is 2.70. The first-order chi connectivity index (χ1) is 6.65. The highest BCUT2D eigenvalue weighted by molar-refractivity contribution is 5.76. The van der Waals surface area contributed by atoms with E-state index in [0.717, 1.165) is 0 Å². The van der Waals surface area contributed by atoms with Gasteiger partial charge < -0.3 is 15.0 Å². The molecule has 0 spiro atoms. The molecule has 5 nitrogen and oxygen atoms in total. The fourth-order valence-corrected chi connectivity index (χ4v) is 0.978. The Labute approximate surface area is 81.8 Å². The molecule has 0 bridgehead atoms. The number of hydrogen-bond donors (Lipinski definition) is 2. The van der Waals surface area contributed by atoms with Crippen molar-refractivity contribution in [1.29, 1.82) is 0 Å². The molecule has 1 heterocycles. The van der Waals surface area contributed by atoms with E-state index >= 15 is 0 Å². The Kier molecular flexibility index (Phi) is 3.13. The number of anilines is 1. The molecule has 0 fully saturated rings. The molecule has 1 aromatic heterocycles. The van der Waals surface area contributed by atoms with Crippen LogP contribution in [0.15, 0.2) is 12.4 Å². The van der Waals surface area contributed by atoms with Crippen LogP contribution in [0.5, 0.6) is 0 Å². The molecule has 0 saturated heterocycles. The van der Waals surface area contributed by atoms with Gasteiger partial charge in [0, 0.05) is 25.9 Å². The van der Waals surface area contributed by atoms with Gasteiger partial charge in [-0.15, -0.1) is 12.3 Å². The minimum Gasteiger partial charge on any atom is -0.480 e. The minimum atomic E-state index is -0.981. The number of imidazole rings is 1. The van der Waals surface area contributed by atoms with Gasteiger partial charge in [-0.25, -0.2) is 9.78 Å². The number of aliphatic carboxylic acids is 1. The molecular formula is C9H11N3O2. The van der Waals surface area contributed by atoms with Crippen LogP contribution < -0.4 is 5.32 Å². The number of carboxylic acids is 1. The highest BCUT2D eigenvalue weighted by atomic mass is 16.4. The zero-order valence-corrected chi connectivity index (χ0v) is 7.77. The standard InChI is InChI=1S/C9H11N3O2/c1-3-4-7(8(13)14)11-9-10-5-6-12(9)2/h1,5-7H,4H2,2H3,(H,10,11)(H,13,14). The number of rotatable bonds is 4. The third-order valence-corrected chi connectivity index (χ3v) is 1.74. The maximum Gasteiger partial charge on any atom is 0.327 e.